The second-order valence-electron chi connectivity index (χ2n) is 7.46. The van der Waals surface area contributed by atoms with Crippen molar-refractivity contribution in [1.29, 1.82) is 0 Å². The molecule has 2 aromatic heterocycles. The van der Waals surface area contributed by atoms with Crippen LogP contribution in [-0.2, 0) is 0 Å². The molecule has 1 saturated heterocycles. The fourth-order valence-corrected chi connectivity index (χ4v) is 3.36. The third-order valence-electron chi connectivity index (χ3n) is 5.00. The Morgan fingerprint density at radius 2 is 1.80 bits per heavy atom. The first kappa shape index (κ1) is 20.4. The first-order valence-corrected chi connectivity index (χ1v) is 10.4. The number of likely N-dealkylation sites (tertiary alicyclic amines) is 1. The fraction of sp³-hybridized carbons (Fsp3) is 0.318. The number of nitrogens with one attached hydrogen (secondary N) is 2. The summed E-state index contributed by atoms with van der Waals surface area (Å²) in [7, 11) is 2.14. The highest BCUT2D eigenvalue weighted by Crippen LogP contribution is 2.23. The molecule has 4 rings (SSSR count). The summed E-state index contributed by atoms with van der Waals surface area (Å²) in [6.07, 6.45) is 4.01. The predicted molar refractivity (Wildman–Crippen MR) is 120 cm³/mol. The number of benzene rings is 1. The van der Waals surface area contributed by atoms with Gasteiger partial charge in [0.25, 0.3) is 0 Å². The average Bonchev–Trinajstić information content (AvgIpc) is 2.74. The van der Waals surface area contributed by atoms with Crippen molar-refractivity contribution in [1.82, 2.24) is 19.9 Å². The van der Waals surface area contributed by atoms with E-state index in [1.807, 2.05) is 49.4 Å². The highest BCUT2D eigenvalue weighted by Gasteiger charge is 2.18. The lowest BCUT2D eigenvalue weighted by Crippen LogP contribution is -2.35. The highest BCUT2D eigenvalue weighted by molar-refractivity contribution is 6.30. The predicted octanol–water partition coefficient (Wildman–Crippen LogP) is 4.79. The number of halogens is 1. The van der Waals surface area contributed by atoms with Gasteiger partial charge in [-0.2, -0.15) is 9.97 Å². The lowest BCUT2D eigenvalue weighted by Gasteiger charge is -2.29. The molecule has 8 heteroatoms. The zero-order valence-corrected chi connectivity index (χ0v) is 17.9. The van der Waals surface area contributed by atoms with E-state index in [4.69, 9.17) is 16.3 Å². The van der Waals surface area contributed by atoms with Crippen molar-refractivity contribution in [3.63, 3.8) is 0 Å². The molecule has 0 unspecified atom stereocenters. The quantitative estimate of drug-likeness (QED) is 0.589. The standard InChI is InChI=1S/C22H25ClN6O/c1-15-14-24-22(25-17-8-6-16(23)7-9-17)28-21(15)27-19-4-3-5-20(26-19)30-18-10-12-29(2)13-11-18/h3-9,14,18H,10-13H2,1-2H3,(H2,24,25,26,27,28). The van der Waals surface area contributed by atoms with Crippen LogP contribution in [0.1, 0.15) is 18.4 Å². The minimum atomic E-state index is 0.208. The van der Waals surface area contributed by atoms with E-state index in [0.717, 1.165) is 37.2 Å². The number of ether oxygens (including phenoxy) is 1. The maximum atomic E-state index is 6.09. The van der Waals surface area contributed by atoms with Crippen LogP contribution in [0.25, 0.3) is 0 Å². The van der Waals surface area contributed by atoms with E-state index in [1.54, 1.807) is 6.20 Å². The molecule has 0 spiro atoms. The molecule has 156 valence electrons. The van der Waals surface area contributed by atoms with Crippen LogP contribution >= 0.6 is 11.6 Å². The van der Waals surface area contributed by atoms with E-state index in [9.17, 15) is 0 Å². The lowest BCUT2D eigenvalue weighted by atomic mass is 10.1. The molecule has 0 amide bonds. The molecule has 0 radical (unpaired) electrons. The highest BCUT2D eigenvalue weighted by atomic mass is 35.5. The van der Waals surface area contributed by atoms with Crippen LogP contribution in [0.3, 0.4) is 0 Å². The Bertz CT molecular complexity index is 989. The Morgan fingerprint density at radius 3 is 2.57 bits per heavy atom. The van der Waals surface area contributed by atoms with E-state index in [2.05, 4.69) is 37.5 Å². The van der Waals surface area contributed by atoms with Crippen molar-refractivity contribution < 1.29 is 4.74 Å². The zero-order chi connectivity index (χ0) is 20.9. The molecule has 3 heterocycles. The van der Waals surface area contributed by atoms with E-state index in [0.29, 0.717) is 28.5 Å². The Kier molecular flexibility index (Phi) is 6.30. The van der Waals surface area contributed by atoms with Gasteiger partial charge in [-0.05, 0) is 57.1 Å². The van der Waals surface area contributed by atoms with Gasteiger partial charge in [0.2, 0.25) is 11.8 Å². The van der Waals surface area contributed by atoms with Crippen LogP contribution in [-0.4, -0.2) is 46.1 Å². The molecule has 30 heavy (non-hydrogen) atoms. The smallest absolute Gasteiger partial charge is 0.229 e. The number of rotatable bonds is 6. The van der Waals surface area contributed by atoms with Gasteiger partial charge in [-0.1, -0.05) is 17.7 Å². The Hall–Kier alpha value is -2.90. The maximum absolute atomic E-state index is 6.09. The average molecular weight is 425 g/mol. The Labute approximate surface area is 181 Å². The van der Waals surface area contributed by atoms with Gasteiger partial charge in [0.1, 0.15) is 17.7 Å². The molecule has 0 bridgehead atoms. The molecule has 0 aliphatic carbocycles. The first-order valence-electron chi connectivity index (χ1n) is 10.0. The summed E-state index contributed by atoms with van der Waals surface area (Å²) in [6, 6.07) is 13.1. The molecule has 0 saturated carbocycles. The molecule has 1 aromatic carbocycles. The lowest BCUT2D eigenvalue weighted by molar-refractivity contribution is 0.110. The number of anilines is 4. The van der Waals surface area contributed by atoms with Gasteiger partial charge in [0.05, 0.1) is 0 Å². The van der Waals surface area contributed by atoms with Gasteiger partial charge in [0, 0.05) is 41.6 Å². The summed E-state index contributed by atoms with van der Waals surface area (Å²) in [5.74, 6) is 2.48. The number of nitrogens with zero attached hydrogens (tertiary/aromatic N) is 4. The minimum absolute atomic E-state index is 0.208. The number of pyridine rings is 1. The summed E-state index contributed by atoms with van der Waals surface area (Å²) in [6.45, 7) is 4.05. The fourth-order valence-electron chi connectivity index (χ4n) is 3.24. The third kappa shape index (κ3) is 5.37. The van der Waals surface area contributed by atoms with Crippen LogP contribution in [0.15, 0.2) is 48.7 Å². The topological polar surface area (TPSA) is 75.2 Å². The van der Waals surface area contributed by atoms with Crippen LogP contribution in [0.5, 0.6) is 5.88 Å². The van der Waals surface area contributed by atoms with Crippen molar-refractivity contribution in [2.45, 2.75) is 25.9 Å². The van der Waals surface area contributed by atoms with Gasteiger partial charge >= 0.3 is 0 Å². The molecule has 1 aliphatic heterocycles. The number of aromatic nitrogens is 3. The molecule has 3 aromatic rings. The zero-order valence-electron chi connectivity index (χ0n) is 17.1. The van der Waals surface area contributed by atoms with Crippen molar-refractivity contribution in [3.8, 4) is 5.88 Å². The molecule has 7 nitrogen and oxygen atoms in total. The summed E-state index contributed by atoms with van der Waals surface area (Å²) in [5.41, 5.74) is 1.78. The summed E-state index contributed by atoms with van der Waals surface area (Å²) in [5, 5.41) is 7.15. The van der Waals surface area contributed by atoms with E-state index in [1.165, 1.54) is 0 Å². The largest absolute Gasteiger partial charge is 0.474 e. The van der Waals surface area contributed by atoms with Crippen LogP contribution in [0.2, 0.25) is 5.02 Å². The minimum Gasteiger partial charge on any atom is -0.474 e. The molecule has 1 fully saturated rings. The SMILES string of the molecule is Cc1cnc(Nc2ccc(Cl)cc2)nc1Nc1cccc(OC2CCN(C)CC2)n1. The number of hydrogen-bond donors (Lipinski definition) is 2. The maximum Gasteiger partial charge on any atom is 0.229 e. The first-order chi connectivity index (χ1) is 14.5. The third-order valence-corrected chi connectivity index (χ3v) is 5.25. The van der Waals surface area contributed by atoms with Crippen molar-refractivity contribution in [3.05, 3.63) is 59.2 Å². The molecular formula is C22H25ClN6O. The van der Waals surface area contributed by atoms with Crippen LogP contribution < -0.4 is 15.4 Å². The molecule has 0 atom stereocenters. The van der Waals surface area contributed by atoms with E-state index >= 15 is 0 Å². The van der Waals surface area contributed by atoms with Crippen LogP contribution in [0, 0.1) is 6.92 Å². The Balaban J connectivity index is 1.45. The molecule has 2 N–H and O–H groups in total. The van der Waals surface area contributed by atoms with Gasteiger partial charge in [-0.25, -0.2) is 4.98 Å². The monoisotopic (exact) mass is 424 g/mol. The summed E-state index contributed by atoms with van der Waals surface area (Å²) in [4.78, 5) is 15.9. The van der Waals surface area contributed by atoms with E-state index < -0.39 is 0 Å². The summed E-state index contributed by atoms with van der Waals surface area (Å²) < 4.78 is 6.09. The van der Waals surface area contributed by atoms with E-state index in [-0.39, 0.29) is 6.10 Å². The molecular weight excluding hydrogens is 400 g/mol. The molecule has 1 aliphatic rings. The second kappa shape index (κ2) is 9.28. The number of aryl methyl sites for hydroxylation is 1. The van der Waals surface area contributed by atoms with Crippen molar-refractivity contribution in [2.75, 3.05) is 30.8 Å². The normalized spacial score (nSPS) is 15.0. The van der Waals surface area contributed by atoms with Gasteiger partial charge in [-0.3, -0.25) is 0 Å². The Morgan fingerprint density at radius 1 is 1.03 bits per heavy atom. The number of hydrogen-bond acceptors (Lipinski definition) is 7. The second-order valence-corrected chi connectivity index (χ2v) is 7.90. The van der Waals surface area contributed by atoms with Gasteiger partial charge in [-0.15, -0.1) is 0 Å². The van der Waals surface area contributed by atoms with Crippen LogP contribution in [0.4, 0.5) is 23.3 Å². The van der Waals surface area contributed by atoms with Gasteiger partial charge in [0.15, 0.2) is 0 Å². The van der Waals surface area contributed by atoms with Crippen molar-refractivity contribution in [2.24, 2.45) is 0 Å². The van der Waals surface area contributed by atoms with Crippen molar-refractivity contribution >= 4 is 34.9 Å². The number of piperidine rings is 1. The summed E-state index contributed by atoms with van der Waals surface area (Å²) >= 11 is 5.94. The van der Waals surface area contributed by atoms with Gasteiger partial charge < -0.3 is 20.3 Å².